The van der Waals surface area contributed by atoms with E-state index in [0.29, 0.717) is 18.7 Å². The molecule has 0 spiro atoms. The van der Waals surface area contributed by atoms with Gasteiger partial charge in [0.1, 0.15) is 11.6 Å². The number of pyridine rings is 1. The summed E-state index contributed by atoms with van der Waals surface area (Å²) in [7, 11) is 3.41. The van der Waals surface area contributed by atoms with Gasteiger partial charge in [-0.3, -0.25) is 9.59 Å². The molecule has 0 bridgehead atoms. The van der Waals surface area contributed by atoms with E-state index in [4.69, 9.17) is 4.74 Å². The summed E-state index contributed by atoms with van der Waals surface area (Å²) in [6.45, 7) is 2.67. The highest BCUT2D eigenvalue weighted by Gasteiger charge is 2.44. The molecular formula is C27H28N4O3. The lowest BCUT2D eigenvalue weighted by Gasteiger charge is -2.43. The zero-order valence-electron chi connectivity index (χ0n) is 19.4. The summed E-state index contributed by atoms with van der Waals surface area (Å²) < 4.78 is 5.31. The molecule has 0 saturated carbocycles. The fourth-order valence-electron chi connectivity index (χ4n) is 5.05. The molecule has 2 aromatic carbocycles. The lowest BCUT2D eigenvalue weighted by molar-refractivity contribution is -0.134. The summed E-state index contributed by atoms with van der Waals surface area (Å²) in [5, 5.41) is 0. The molecule has 0 aliphatic carbocycles. The number of aromatic nitrogens is 1. The number of likely N-dealkylation sites (N-methyl/N-ethyl adjacent to an activating group) is 1. The van der Waals surface area contributed by atoms with Crippen LogP contribution in [0.15, 0.2) is 72.9 Å². The van der Waals surface area contributed by atoms with Crippen molar-refractivity contribution in [3.8, 4) is 5.75 Å². The molecular weight excluding hydrogens is 428 g/mol. The van der Waals surface area contributed by atoms with E-state index in [9.17, 15) is 9.59 Å². The number of fused-ring (bicyclic) bond motifs is 1. The van der Waals surface area contributed by atoms with Gasteiger partial charge in [-0.15, -0.1) is 0 Å². The van der Waals surface area contributed by atoms with Gasteiger partial charge >= 0.3 is 0 Å². The molecule has 2 atom stereocenters. The predicted molar refractivity (Wildman–Crippen MR) is 130 cm³/mol. The number of carbonyl (C=O) groups is 2. The van der Waals surface area contributed by atoms with Crippen LogP contribution in [0.4, 0.5) is 5.82 Å². The SMILES string of the molecule is COc1ccc(C2C(C(=O)N3CCN(c4ccccn4)CC3)c3ccccc3C(=O)N2C)cc1. The Morgan fingerprint density at radius 1 is 0.941 bits per heavy atom. The molecule has 0 N–H and O–H groups in total. The largest absolute Gasteiger partial charge is 0.497 e. The van der Waals surface area contributed by atoms with E-state index in [1.54, 1.807) is 25.3 Å². The van der Waals surface area contributed by atoms with Crippen molar-refractivity contribution in [3.63, 3.8) is 0 Å². The summed E-state index contributed by atoms with van der Waals surface area (Å²) >= 11 is 0. The Hall–Kier alpha value is -3.87. The number of hydrogen-bond acceptors (Lipinski definition) is 5. The molecule has 3 heterocycles. The molecule has 2 aliphatic heterocycles. The second-order valence-corrected chi connectivity index (χ2v) is 8.70. The smallest absolute Gasteiger partial charge is 0.254 e. The van der Waals surface area contributed by atoms with E-state index >= 15 is 0 Å². The van der Waals surface area contributed by atoms with Crippen molar-refractivity contribution in [2.45, 2.75) is 12.0 Å². The van der Waals surface area contributed by atoms with Crippen LogP contribution in [-0.2, 0) is 4.79 Å². The van der Waals surface area contributed by atoms with Gasteiger partial charge in [0.05, 0.1) is 19.1 Å². The Balaban J connectivity index is 1.46. The van der Waals surface area contributed by atoms with Crippen LogP contribution in [0, 0.1) is 0 Å². The Kier molecular flexibility index (Phi) is 5.92. The number of ether oxygens (including phenoxy) is 1. The van der Waals surface area contributed by atoms with Gasteiger partial charge < -0.3 is 19.4 Å². The highest BCUT2D eigenvalue weighted by Crippen LogP contribution is 2.43. The Morgan fingerprint density at radius 2 is 1.65 bits per heavy atom. The fourth-order valence-corrected chi connectivity index (χ4v) is 5.05. The number of rotatable bonds is 4. The molecule has 1 fully saturated rings. The first kappa shape index (κ1) is 21.9. The topological polar surface area (TPSA) is 66.0 Å². The quantitative estimate of drug-likeness (QED) is 0.603. The summed E-state index contributed by atoms with van der Waals surface area (Å²) in [5.41, 5.74) is 2.31. The standard InChI is InChI=1S/C27H28N4O3/c1-29-25(19-10-12-20(34-2)13-11-19)24(21-7-3-4-8-22(21)26(29)32)27(33)31-17-15-30(16-18-31)23-9-5-6-14-28-23/h3-14,24-25H,15-18H2,1-2H3. The van der Waals surface area contributed by atoms with Crippen molar-refractivity contribution in [1.82, 2.24) is 14.8 Å². The normalized spacial score (nSPS) is 20.2. The lowest BCUT2D eigenvalue weighted by Crippen LogP contribution is -2.53. The van der Waals surface area contributed by atoms with Crippen molar-refractivity contribution in [1.29, 1.82) is 0 Å². The average molecular weight is 457 g/mol. The van der Waals surface area contributed by atoms with Gasteiger partial charge in [0.25, 0.3) is 5.91 Å². The fraction of sp³-hybridized carbons (Fsp3) is 0.296. The van der Waals surface area contributed by atoms with E-state index in [0.717, 1.165) is 35.8 Å². The molecule has 1 saturated heterocycles. The van der Waals surface area contributed by atoms with Gasteiger partial charge in [-0.1, -0.05) is 36.4 Å². The zero-order chi connectivity index (χ0) is 23.7. The van der Waals surface area contributed by atoms with Crippen LogP contribution in [0.1, 0.15) is 33.4 Å². The van der Waals surface area contributed by atoms with Gasteiger partial charge in [-0.2, -0.15) is 0 Å². The maximum absolute atomic E-state index is 14.0. The molecule has 3 aromatic rings. The van der Waals surface area contributed by atoms with Crippen molar-refractivity contribution >= 4 is 17.6 Å². The van der Waals surface area contributed by atoms with E-state index in [-0.39, 0.29) is 11.8 Å². The van der Waals surface area contributed by atoms with Gasteiger partial charge in [-0.05, 0) is 41.5 Å². The van der Waals surface area contributed by atoms with Crippen LogP contribution in [0.5, 0.6) is 5.75 Å². The van der Waals surface area contributed by atoms with Crippen molar-refractivity contribution in [2.75, 3.05) is 45.2 Å². The second kappa shape index (κ2) is 9.17. The van der Waals surface area contributed by atoms with Gasteiger partial charge in [0, 0.05) is 45.0 Å². The number of benzene rings is 2. The molecule has 5 rings (SSSR count). The van der Waals surface area contributed by atoms with E-state index < -0.39 is 12.0 Å². The summed E-state index contributed by atoms with van der Waals surface area (Å²) in [6, 6.07) is 20.6. The predicted octanol–water partition coefficient (Wildman–Crippen LogP) is 3.35. The Morgan fingerprint density at radius 3 is 2.32 bits per heavy atom. The third kappa shape index (κ3) is 3.87. The number of nitrogens with zero attached hydrogens (tertiary/aromatic N) is 4. The Bertz CT molecular complexity index is 1170. The molecule has 7 heteroatoms. The average Bonchev–Trinajstić information content (AvgIpc) is 2.91. The van der Waals surface area contributed by atoms with Crippen molar-refractivity contribution in [3.05, 3.63) is 89.6 Å². The van der Waals surface area contributed by atoms with E-state index in [1.165, 1.54) is 0 Å². The number of anilines is 1. The molecule has 2 amide bonds. The Labute approximate surface area is 199 Å². The highest BCUT2D eigenvalue weighted by atomic mass is 16.5. The van der Waals surface area contributed by atoms with E-state index in [1.807, 2.05) is 71.6 Å². The number of amides is 2. The molecule has 0 radical (unpaired) electrons. The van der Waals surface area contributed by atoms with E-state index in [2.05, 4.69) is 9.88 Å². The maximum atomic E-state index is 14.0. The third-order valence-electron chi connectivity index (χ3n) is 6.87. The lowest BCUT2D eigenvalue weighted by atomic mass is 9.79. The van der Waals surface area contributed by atoms with Gasteiger partial charge in [-0.25, -0.2) is 4.98 Å². The first-order valence-corrected chi connectivity index (χ1v) is 11.5. The monoisotopic (exact) mass is 456 g/mol. The van der Waals surface area contributed by atoms with Crippen molar-refractivity contribution < 1.29 is 14.3 Å². The number of methoxy groups -OCH3 is 1. The van der Waals surface area contributed by atoms with Crippen molar-refractivity contribution in [2.24, 2.45) is 0 Å². The van der Waals surface area contributed by atoms with Gasteiger partial charge in [0.15, 0.2) is 0 Å². The maximum Gasteiger partial charge on any atom is 0.254 e. The zero-order valence-corrected chi connectivity index (χ0v) is 19.4. The van der Waals surface area contributed by atoms with Crippen LogP contribution in [0.25, 0.3) is 0 Å². The first-order chi connectivity index (χ1) is 16.6. The van der Waals surface area contributed by atoms with Crippen LogP contribution in [-0.4, -0.2) is 66.9 Å². The minimum absolute atomic E-state index is 0.0493. The summed E-state index contributed by atoms with van der Waals surface area (Å²) in [6.07, 6.45) is 1.79. The first-order valence-electron chi connectivity index (χ1n) is 11.5. The second-order valence-electron chi connectivity index (χ2n) is 8.70. The minimum atomic E-state index is -0.478. The molecule has 1 aromatic heterocycles. The molecule has 2 aliphatic rings. The molecule has 7 nitrogen and oxygen atoms in total. The number of carbonyl (C=O) groups excluding carboxylic acids is 2. The van der Waals surface area contributed by atoms with Crippen LogP contribution >= 0.6 is 0 Å². The minimum Gasteiger partial charge on any atom is -0.497 e. The summed E-state index contributed by atoms with van der Waals surface area (Å²) in [5.74, 6) is 1.17. The van der Waals surface area contributed by atoms with Crippen LogP contribution in [0.2, 0.25) is 0 Å². The summed E-state index contributed by atoms with van der Waals surface area (Å²) in [4.78, 5) is 37.6. The number of hydrogen-bond donors (Lipinski definition) is 0. The number of piperazine rings is 1. The molecule has 174 valence electrons. The third-order valence-corrected chi connectivity index (χ3v) is 6.87. The molecule has 34 heavy (non-hydrogen) atoms. The van der Waals surface area contributed by atoms with Crippen LogP contribution < -0.4 is 9.64 Å². The molecule has 2 unspecified atom stereocenters. The highest BCUT2D eigenvalue weighted by molar-refractivity contribution is 6.01. The van der Waals surface area contributed by atoms with Gasteiger partial charge in [0.2, 0.25) is 5.91 Å². The van der Waals surface area contributed by atoms with Crippen LogP contribution in [0.3, 0.4) is 0 Å².